The van der Waals surface area contributed by atoms with Crippen molar-refractivity contribution in [2.24, 2.45) is 0 Å². The Hall–Kier alpha value is -3.08. The third-order valence-corrected chi connectivity index (χ3v) is 5.19. The minimum absolute atomic E-state index is 0.106. The molecule has 1 aliphatic rings. The Morgan fingerprint density at radius 2 is 1.59 bits per heavy atom. The van der Waals surface area contributed by atoms with Crippen molar-refractivity contribution in [2.75, 3.05) is 31.1 Å². The highest BCUT2D eigenvalue weighted by atomic mass is 16.4. The summed E-state index contributed by atoms with van der Waals surface area (Å²) in [5, 5.41) is 0.759. The van der Waals surface area contributed by atoms with Crippen molar-refractivity contribution in [3.63, 3.8) is 0 Å². The topological polar surface area (TPSA) is 53.8 Å². The quantitative estimate of drug-likeness (QED) is 0.656. The Bertz CT molecular complexity index is 1040. The van der Waals surface area contributed by atoms with Crippen LogP contribution in [0, 0.1) is 13.8 Å². The fraction of sp³-hybridized carbons (Fsp3) is 0.273. The molecule has 0 bridgehead atoms. The maximum absolute atomic E-state index is 12.9. The van der Waals surface area contributed by atoms with E-state index < -0.39 is 5.63 Å². The van der Waals surface area contributed by atoms with Crippen LogP contribution in [0.25, 0.3) is 11.0 Å². The van der Waals surface area contributed by atoms with Gasteiger partial charge in [-0.05, 0) is 37.1 Å². The molecule has 1 amide bonds. The van der Waals surface area contributed by atoms with Crippen molar-refractivity contribution < 1.29 is 9.21 Å². The molecule has 27 heavy (non-hydrogen) atoms. The number of amides is 1. The number of nitrogens with zero attached hydrogens (tertiary/aromatic N) is 2. The van der Waals surface area contributed by atoms with Crippen LogP contribution in [0.1, 0.15) is 21.5 Å². The van der Waals surface area contributed by atoms with Gasteiger partial charge < -0.3 is 14.2 Å². The second-order valence-electron chi connectivity index (χ2n) is 7.01. The summed E-state index contributed by atoms with van der Waals surface area (Å²) in [5.74, 6) is -0.254. The van der Waals surface area contributed by atoms with Crippen LogP contribution >= 0.6 is 0 Å². The SMILES string of the molecule is Cc1cccc(C)c1N1CCN(C(=O)c2cc3ccccc3oc2=O)CC1. The zero-order valence-corrected chi connectivity index (χ0v) is 15.6. The zero-order chi connectivity index (χ0) is 19.0. The number of fused-ring (bicyclic) bond motifs is 1. The largest absolute Gasteiger partial charge is 0.422 e. The molecular weight excluding hydrogens is 340 g/mol. The minimum atomic E-state index is -0.573. The number of benzene rings is 2. The highest BCUT2D eigenvalue weighted by molar-refractivity contribution is 5.96. The Labute approximate surface area is 157 Å². The number of para-hydroxylation sites is 2. The van der Waals surface area contributed by atoms with Crippen molar-refractivity contribution >= 4 is 22.6 Å². The highest BCUT2D eigenvalue weighted by Crippen LogP contribution is 2.26. The molecule has 0 N–H and O–H groups in total. The molecule has 5 heteroatoms. The molecule has 138 valence electrons. The van der Waals surface area contributed by atoms with E-state index in [-0.39, 0.29) is 11.5 Å². The van der Waals surface area contributed by atoms with Crippen LogP contribution < -0.4 is 10.5 Å². The molecule has 5 nitrogen and oxygen atoms in total. The maximum Gasteiger partial charge on any atom is 0.349 e. The van der Waals surface area contributed by atoms with E-state index in [1.54, 1.807) is 23.1 Å². The average Bonchev–Trinajstić information content (AvgIpc) is 2.67. The molecule has 0 atom stereocenters. The van der Waals surface area contributed by atoms with Gasteiger partial charge in [-0.2, -0.15) is 0 Å². The summed E-state index contributed by atoms with van der Waals surface area (Å²) in [7, 11) is 0. The van der Waals surface area contributed by atoms with Gasteiger partial charge in [0.25, 0.3) is 5.91 Å². The molecule has 1 aliphatic heterocycles. The van der Waals surface area contributed by atoms with E-state index in [0.717, 1.165) is 18.5 Å². The van der Waals surface area contributed by atoms with Gasteiger partial charge in [-0.25, -0.2) is 4.79 Å². The number of anilines is 1. The average molecular weight is 362 g/mol. The van der Waals surface area contributed by atoms with Crippen LogP contribution in [0.15, 0.2) is 57.7 Å². The van der Waals surface area contributed by atoms with E-state index in [0.29, 0.717) is 18.7 Å². The van der Waals surface area contributed by atoms with E-state index >= 15 is 0 Å². The molecule has 0 aliphatic carbocycles. The van der Waals surface area contributed by atoms with Gasteiger partial charge in [0.15, 0.2) is 0 Å². The van der Waals surface area contributed by atoms with Crippen molar-refractivity contribution in [1.82, 2.24) is 4.90 Å². The lowest BCUT2D eigenvalue weighted by Gasteiger charge is -2.37. The number of hydrogen-bond donors (Lipinski definition) is 0. The van der Waals surface area contributed by atoms with Crippen LogP contribution in [0.5, 0.6) is 0 Å². The Balaban J connectivity index is 1.54. The van der Waals surface area contributed by atoms with E-state index in [4.69, 9.17) is 4.42 Å². The summed E-state index contributed by atoms with van der Waals surface area (Å²) in [6.07, 6.45) is 0. The molecule has 1 saturated heterocycles. The summed E-state index contributed by atoms with van der Waals surface area (Å²) in [5.41, 5.74) is 3.76. The molecule has 4 rings (SSSR count). The van der Waals surface area contributed by atoms with Crippen molar-refractivity contribution in [3.05, 3.63) is 75.6 Å². The van der Waals surface area contributed by atoms with Crippen LogP contribution in [-0.2, 0) is 0 Å². The van der Waals surface area contributed by atoms with E-state index in [2.05, 4.69) is 36.9 Å². The number of aryl methyl sites for hydroxylation is 2. The molecule has 0 radical (unpaired) electrons. The lowest BCUT2D eigenvalue weighted by Crippen LogP contribution is -2.49. The molecular formula is C22H22N2O3. The van der Waals surface area contributed by atoms with Crippen LogP contribution in [-0.4, -0.2) is 37.0 Å². The van der Waals surface area contributed by atoms with Gasteiger partial charge in [0.2, 0.25) is 0 Å². The fourth-order valence-corrected chi connectivity index (χ4v) is 3.82. The van der Waals surface area contributed by atoms with Crippen LogP contribution in [0.3, 0.4) is 0 Å². The summed E-state index contributed by atoms with van der Waals surface area (Å²) in [6, 6.07) is 15.2. The lowest BCUT2D eigenvalue weighted by atomic mass is 10.1. The molecule has 0 saturated carbocycles. The summed E-state index contributed by atoms with van der Waals surface area (Å²) >= 11 is 0. The predicted octanol–water partition coefficient (Wildman–Crippen LogP) is 3.37. The summed E-state index contributed by atoms with van der Waals surface area (Å²) in [4.78, 5) is 29.2. The number of carbonyl (C=O) groups excluding carboxylic acids is 1. The van der Waals surface area contributed by atoms with Crippen LogP contribution in [0.4, 0.5) is 5.69 Å². The standard InChI is InChI=1S/C22H22N2O3/c1-15-6-5-7-16(2)20(15)23-10-12-24(13-11-23)21(25)18-14-17-8-3-4-9-19(17)27-22(18)26/h3-9,14H,10-13H2,1-2H3. The monoisotopic (exact) mass is 362 g/mol. The lowest BCUT2D eigenvalue weighted by molar-refractivity contribution is 0.0742. The molecule has 0 unspecified atom stereocenters. The molecule has 1 fully saturated rings. The van der Waals surface area contributed by atoms with Gasteiger partial charge in [-0.3, -0.25) is 4.79 Å². The number of carbonyl (C=O) groups is 1. The number of rotatable bonds is 2. The van der Waals surface area contributed by atoms with Crippen LogP contribution in [0.2, 0.25) is 0 Å². The smallest absolute Gasteiger partial charge is 0.349 e. The summed E-state index contributed by atoms with van der Waals surface area (Å²) in [6.45, 7) is 6.88. The molecule has 2 heterocycles. The van der Waals surface area contributed by atoms with Gasteiger partial charge in [0, 0.05) is 37.3 Å². The Morgan fingerprint density at radius 1 is 0.926 bits per heavy atom. The third-order valence-electron chi connectivity index (χ3n) is 5.19. The molecule has 1 aromatic heterocycles. The first-order valence-corrected chi connectivity index (χ1v) is 9.18. The zero-order valence-electron chi connectivity index (χ0n) is 15.6. The van der Waals surface area contributed by atoms with Gasteiger partial charge in [0.05, 0.1) is 0 Å². The van der Waals surface area contributed by atoms with Crippen molar-refractivity contribution in [2.45, 2.75) is 13.8 Å². The minimum Gasteiger partial charge on any atom is -0.422 e. The van der Waals surface area contributed by atoms with Gasteiger partial charge >= 0.3 is 5.63 Å². The van der Waals surface area contributed by atoms with E-state index in [1.807, 2.05) is 12.1 Å². The van der Waals surface area contributed by atoms with Crippen molar-refractivity contribution in [3.8, 4) is 0 Å². The fourth-order valence-electron chi connectivity index (χ4n) is 3.82. The van der Waals surface area contributed by atoms with E-state index in [1.165, 1.54) is 16.8 Å². The highest BCUT2D eigenvalue weighted by Gasteiger charge is 2.26. The first-order valence-electron chi connectivity index (χ1n) is 9.18. The number of piperazine rings is 1. The van der Waals surface area contributed by atoms with Gasteiger partial charge in [-0.1, -0.05) is 36.4 Å². The normalized spacial score (nSPS) is 14.6. The number of hydrogen-bond acceptors (Lipinski definition) is 4. The predicted molar refractivity (Wildman–Crippen MR) is 107 cm³/mol. The Morgan fingerprint density at radius 3 is 2.30 bits per heavy atom. The molecule has 0 spiro atoms. The molecule has 3 aromatic rings. The second kappa shape index (κ2) is 6.91. The third kappa shape index (κ3) is 3.21. The van der Waals surface area contributed by atoms with E-state index in [9.17, 15) is 9.59 Å². The summed E-state index contributed by atoms with van der Waals surface area (Å²) < 4.78 is 5.31. The molecule has 2 aromatic carbocycles. The Kier molecular flexibility index (Phi) is 4.44. The van der Waals surface area contributed by atoms with Gasteiger partial charge in [-0.15, -0.1) is 0 Å². The van der Waals surface area contributed by atoms with Gasteiger partial charge in [0.1, 0.15) is 11.1 Å². The van der Waals surface area contributed by atoms with Crippen molar-refractivity contribution in [1.29, 1.82) is 0 Å². The maximum atomic E-state index is 12.9. The first kappa shape index (κ1) is 17.3. The second-order valence-corrected chi connectivity index (χ2v) is 7.01. The first-order chi connectivity index (χ1) is 13.0.